The fourth-order valence-corrected chi connectivity index (χ4v) is 1.94. The molecule has 0 aliphatic carbocycles. The molecule has 1 aromatic carbocycles. The zero-order valence-corrected chi connectivity index (χ0v) is 10.8. The molecule has 100 valence electrons. The Morgan fingerprint density at radius 2 is 1.90 bits per heavy atom. The smallest absolute Gasteiger partial charge is 0.381 e. The van der Waals surface area contributed by atoms with Gasteiger partial charge in [-0.1, -0.05) is 30.3 Å². The van der Waals surface area contributed by atoms with E-state index in [4.69, 9.17) is 0 Å². The second-order valence-corrected chi connectivity index (χ2v) is 4.06. The van der Waals surface area contributed by atoms with E-state index in [0.717, 1.165) is 12.7 Å². The van der Waals surface area contributed by atoms with Crippen molar-refractivity contribution < 1.29 is 14.3 Å². The zero-order valence-electron chi connectivity index (χ0n) is 10.8. The Hall–Kier alpha value is -2.87. The van der Waals surface area contributed by atoms with E-state index < -0.39 is 17.8 Å². The number of hydrogen-bond acceptors (Lipinski definition) is 4. The van der Waals surface area contributed by atoms with E-state index in [1.54, 1.807) is 24.4 Å². The molecule has 1 aromatic heterocycles. The van der Waals surface area contributed by atoms with E-state index >= 15 is 0 Å². The normalized spacial score (nSPS) is 11.4. The molecule has 0 radical (unpaired) electrons. The van der Waals surface area contributed by atoms with Crippen molar-refractivity contribution in [1.29, 1.82) is 5.26 Å². The lowest BCUT2D eigenvalue weighted by Crippen LogP contribution is -2.21. The lowest BCUT2D eigenvalue weighted by molar-refractivity contribution is -0.135. The molecule has 0 fully saturated rings. The van der Waals surface area contributed by atoms with Gasteiger partial charge in [0.25, 0.3) is 5.78 Å². The number of esters is 1. The van der Waals surface area contributed by atoms with Crippen LogP contribution in [0.25, 0.3) is 0 Å². The van der Waals surface area contributed by atoms with E-state index in [1.165, 1.54) is 10.6 Å². The topological polar surface area (TPSA) is 72.1 Å². The summed E-state index contributed by atoms with van der Waals surface area (Å²) in [6.45, 7) is 0. The van der Waals surface area contributed by atoms with Gasteiger partial charge in [-0.25, -0.2) is 4.79 Å². The van der Waals surface area contributed by atoms with Crippen molar-refractivity contribution >= 4 is 11.8 Å². The number of aromatic nitrogens is 1. The first kappa shape index (κ1) is 13.6. The molecule has 5 nitrogen and oxygen atoms in total. The number of nitrogens with zero attached hydrogens (tertiary/aromatic N) is 2. The highest BCUT2D eigenvalue weighted by molar-refractivity contribution is 6.40. The number of Topliss-reactive ketones (excluding diaryl/α,β-unsaturated/α-hetero) is 1. The molecule has 0 N–H and O–H groups in total. The second-order valence-electron chi connectivity index (χ2n) is 4.06. The molecule has 0 amide bonds. The number of rotatable bonds is 4. The lowest BCUT2D eigenvalue weighted by Gasteiger charge is -2.14. The molecule has 0 aliphatic heterocycles. The fraction of sp³-hybridized carbons (Fsp3) is 0.133. The van der Waals surface area contributed by atoms with Gasteiger partial charge in [-0.15, -0.1) is 0 Å². The van der Waals surface area contributed by atoms with Crippen LogP contribution in [0.5, 0.6) is 0 Å². The van der Waals surface area contributed by atoms with Gasteiger partial charge in [0.15, 0.2) is 0 Å². The van der Waals surface area contributed by atoms with Gasteiger partial charge < -0.3 is 9.30 Å². The van der Waals surface area contributed by atoms with Crippen LogP contribution in [-0.2, 0) is 9.53 Å². The number of carbonyl (C=O) groups excluding carboxylic acids is 2. The van der Waals surface area contributed by atoms with Crippen LogP contribution in [0.3, 0.4) is 0 Å². The standard InChI is InChI=1S/C15H12N2O3/c1-20-15(19)14(18)12-8-5-9-17(12)13(10-16)11-6-3-2-4-7-11/h2-9,13H,1H3. The average Bonchev–Trinajstić information content (AvgIpc) is 2.97. The minimum absolute atomic E-state index is 0.132. The van der Waals surface area contributed by atoms with Crippen molar-refractivity contribution in [2.45, 2.75) is 6.04 Å². The van der Waals surface area contributed by atoms with Crippen molar-refractivity contribution in [2.24, 2.45) is 0 Å². The number of benzene rings is 1. The Kier molecular flexibility index (Phi) is 3.96. The molecular formula is C15H12N2O3. The quantitative estimate of drug-likeness (QED) is 0.482. The fourth-order valence-electron chi connectivity index (χ4n) is 1.94. The van der Waals surface area contributed by atoms with Gasteiger partial charge in [0.2, 0.25) is 0 Å². The van der Waals surface area contributed by atoms with Crippen molar-refractivity contribution in [3.8, 4) is 6.07 Å². The van der Waals surface area contributed by atoms with Gasteiger partial charge >= 0.3 is 5.97 Å². The van der Waals surface area contributed by atoms with Crippen LogP contribution in [-0.4, -0.2) is 23.4 Å². The third kappa shape index (κ3) is 2.45. The highest BCUT2D eigenvalue weighted by Crippen LogP contribution is 2.20. The molecule has 0 aliphatic rings. The van der Waals surface area contributed by atoms with Gasteiger partial charge in [-0.3, -0.25) is 4.79 Å². The number of carbonyl (C=O) groups is 2. The summed E-state index contributed by atoms with van der Waals surface area (Å²) < 4.78 is 5.89. The first-order valence-electron chi connectivity index (χ1n) is 5.93. The zero-order chi connectivity index (χ0) is 14.5. The highest BCUT2D eigenvalue weighted by Gasteiger charge is 2.24. The number of hydrogen-bond donors (Lipinski definition) is 0. The van der Waals surface area contributed by atoms with E-state index in [0.29, 0.717) is 0 Å². The molecule has 1 unspecified atom stereocenters. The molecule has 20 heavy (non-hydrogen) atoms. The Bertz CT molecular complexity index is 668. The Morgan fingerprint density at radius 1 is 1.20 bits per heavy atom. The average molecular weight is 268 g/mol. The van der Waals surface area contributed by atoms with Gasteiger partial charge in [-0.2, -0.15) is 5.26 Å². The van der Waals surface area contributed by atoms with Crippen LogP contribution in [0.2, 0.25) is 0 Å². The largest absolute Gasteiger partial charge is 0.463 e. The van der Waals surface area contributed by atoms with E-state index in [-0.39, 0.29) is 5.69 Å². The number of nitriles is 1. The molecule has 1 heterocycles. The summed E-state index contributed by atoms with van der Waals surface area (Å²) in [6.07, 6.45) is 1.59. The van der Waals surface area contributed by atoms with Crippen LogP contribution in [0.4, 0.5) is 0 Å². The first-order chi connectivity index (χ1) is 9.69. The Balaban J connectivity index is 2.44. The van der Waals surface area contributed by atoms with Crippen LogP contribution in [0, 0.1) is 11.3 Å². The number of ketones is 1. The Labute approximate surface area is 116 Å². The summed E-state index contributed by atoms with van der Waals surface area (Å²) in [5.74, 6) is -1.72. The Morgan fingerprint density at radius 3 is 2.50 bits per heavy atom. The molecule has 2 rings (SSSR count). The third-order valence-electron chi connectivity index (χ3n) is 2.90. The maximum atomic E-state index is 11.9. The maximum absolute atomic E-state index is 11.9. The summed E-state index contributed by atoms with van der Waals surface area (Å²) in [7, 11) is 1.15. The van der Waals surface area contributed by atoms with Gasteiger partial charge in [0.05, 0.1) is 18.9 Å². The maximum Gasteiger partial charge on any atom is 0.381 e. The number of methoxy groups -OCH3 is 1. The van der Waals surface area contributed by atoms with Gasteiger partial charge in [0, 0.05) is 6.20 Å². The summed E-state index contributed by atoms with van der Waals surface area (Å²) in [6, 6.07) is 13.6. The predicted octanol–water partition coefficient (Wildman–Crippen LogP) is 1.96. The molecule has 0 spiro atoms. The lowest BCUT2D eigenvalue weighted by atomic mass is 10.1. The SMILES string of the molecule is COC(=O)C(=O)c1cccn1C(C#N)c1ccccc1. The van der Waals surface area contributed by atoms with Crippen molar-refractivity contribution in [3.63, 3.8) is 0 Å². The second kappa shape index (κ2) is 5.85. The minimum Gasteiger partial charge on any atom is -0.463 e. The predicted molar refractivity (Wildman–Crippen MR) is 71.0 cm³/mol. The molecule has 0 saturated heterocycles. The van der Waals surface area contributed by atoms with Crippen molar-refractivity contribution in [2.75, 3.05) is 7.11 Å². The molecule has 5 heteroatoms. The van der Waals surface area contributed by atoms with Gasteiger partial charge in [0.1, 0.15) is 6.04 Å². The van der Waals surface area contributed by atoms with Crippen molar-refractivity contribution in [3.05, 3.63) is 59.9 Å². The van der Waals surface area contributed by atoms with Crippen LogP contribution in [0.15, 0.2) is 48.7 Å². The van der Waals surface area contributed by atoms with Crippen molar-refractivity contribution in [1.82, 2.24) is 4.57 Å². The van der Waals surface area contributed by atoms with E-state index in [2.05, 4.69) is 10.8 Å². The molecule has 2 aromatic rings. The summed E-state index contributed by atoms with van der Waals surface area (Å²) in [5.41, 5.74) is 0.873. The third-order valence-corrected chi connectivity index (χ3v) is 2.90. The van der Waals surface area contributed by atoms with Gasteiger partial charge in [-0.05, 0) is 17.7 Å². The summed E-state index contributed by atoms with van der Waals surface area (Å²) in [5, 5.41) is 9.35. The minimum atomic E-state index is -0.949. The number of ether oxygens (including phenoxy) is 1. The monoisotopic (exact) mass is 268 g/mol. The van der Waals surface area contributed by atoms with Crippen LogP contribution >= 0.6 is 0 Å². The van der Waals surface area contributed by atoms with Crippen LogP contribution in [0.1, 0.15) is 22.1 Å². The summed E-state index contributed by atoms with van der Waals surface area (Å²) >= 11 is 0. The van der Waals surface area contributed by atoms with E-state index in [1.807, 2.05) is 18.2 Å². The molecule has 1 atom stereocenters. The molecule has 0 saturated carbocycles. The van der Waals surface area contributed by atoms with Crippen LogP contribution < -0.4 is 0 Å². The first-order valence-corrected chi connectivity index (χ1v) is 5.93. The summed E-state index contributed by atoms with van der Waals surface area (Å²) in [4.78, 5) is 23.2. The molecule has 0 bridgehead atoms. The van der Waals surface area contributed by atoms with E-state index in [9.17, 15) is 14.9 Å². The molecular weight excluding hydrogens is 256 g/mol. The highest BCUT2D eigenvalue weighted by atomic mass is 16.5.